The number of Topliss-reactive ketones (excluding diaryl/α,β-unsaturated/α-hetero) is 1. The highest BCUT2D eigenvalue weighted by atomic mass is 16.5. The van der Waals surface area contributed by atoms with Gasteiger partial charge in [0.2, 0.25) is 5.95 Å². The molecule has 0 spiro atoms. The van der Waals surface area contributed by atoms with E-state index in [2.05, 4.69) is 21.5 Å². The van der Waals surface area contributed by atoms with E-state index in [1.54, 1.807) is 11.8 Å². The monoisotopic (exact) mass is 402 g/mol. The number of rotatable bonds is 5. The molecule has 0 saturated carbocycles. The van der Waals surface area contributed by atoms with Crippen LogP contribution in [0.25, 0.3) is 0 Å². The van der Waals surface area contributed by atoms with E-state index in [4.69, 9.17) is 9.47 Å². The topological polar surface area (TPSA) is 78.3 Å². The summed E-state index contributed by atoms with van der Waals surface area (Å²) in [6.45, 7) is 0.450. The number of methoxy groups -OCH3 is 1. The van der Waals surface area contributed by atoms with E-state index in [-0.39, 0.29) is 17.7 Å². The largest absolute Gasteiger partial charge is 0.493 e. The summed E-state index contributed by atoms with van der Waals surface area (Å²) in [6.07, 6.45) is 4.87. The summed E-state index contributed by atoms with van der Waals surface area (Å²) in [7, 11) is 1.62. The number of nitrogens with zero attached hydrogens (tertiary/aromatic N) is 3. The lowest BCUT2D eigenvalue weighted by molar-refractivity contribution is -0.123. The lowest BCUT2D eigenvalue weighted by Gasteiger charge is -2.36. The summed E-state index contributed by atoms with van der Waals surface area (Å²) in [6, 6.07) is 15.5. The summed E-state index contributed by atoms with van der Waals surface area (Å²) in [4.78, 5) is 17.1. The first-order valence-electron chi connectivity index (χ1n) is 9.98. The fraction of sp³-hybridized carbons (Fsp3) is 0.261. The number of ketones is 1. The summed E-state index contributed by atoms with van der Waals surface area (Å²) in [5.41, 5.74) is 2.91. The van der Waals surface area contributed by atoms with E-state index in [9.17, 15) is 4.79 Å². The van der Waals surface area contributed by atoms with E-state index in [1.807, 2.05) is 48.5 Å². The molecule has 1 aromatic heterocycles. The van der Waals surface area contributed by atoms with Crippen molar-refractivity contribution in [3.63, 3.8) is 0 Å². The zero-order valence-corrected chi connectivity index (χ0v) is 16.6. The summed E-state index contributed by atoms with van der Waals surface area (Å²) in [5, 5.41) is 7.65. The summed E-state index contributed by atoms with van der Waals surface area (Å²) < 4.78 is 13.4. The lowest BCUT2D eigenvalue weighted by atomic mass is 9.81. The van der Waals surface area contributed by atoms with Crippen LogP contribution in [0.5, 0.6) is 11.5 Å². The molecule has 0 amide bonds. The second-order valence-corrected chi connectivity index (χ2v) is 7.42. The molecule has 0 radical (unpaired) electrons. The van der Waals surface area contributed by atoms with Crippen LogP contribution in [0.4, 0.5) is 5.95 Å². The fourth-order valence-electron chi connectivity index (χ4n) is 4.17. The number of hydrogen-bond donors (Lipinski definition) is 1. The van der Waals surface area contributed by atoms with Crippen LogP contribution in [0.3, 0.4) is 0 Å². The van der Waals surface area contributed by atoms with Crippen molar-refractivity contribution in [3.8, 4) is 11.5 Å². The highest BCUT2D eigenvalue weighted by molar-refractivity contribution is 5.87. The van der Waals surface area contributed by atoms with Crippen LogP contribution < -0.4 is 14.8 Å². The molecule has 2 atom stereocenters. The molecule has 2 unspecified atom stereocenters. The van der Waals surface area contributed by atoms with Gasteiger partial charge in [-0.1, -0.05) is 42.5 Å². The zero-order valence-electron chi connectivity index (χ0n) is 16.6. The number of fused-ring (bicyclic) bond motifs is 2. The molecule has 1 aliphatic carbocycles. The van der Waals surface area contributed by atoms with Crippen molar-refractivity contribution in [2.75, 3.05) is 12.4 Å². The SMILES string of the molecule is COc1cc(C2C3C(=O)CCC=C3Nc3ncnn32)ccc1OCc1ccccc1. The van der Waals surface area contributed by atoms with Crippen LogP contribution in [0.1, 0.15) is 30.0 Å². The lowest BCUT2D eigenvalue weighted by Crippen LogP contribution is -2.38. The Hall–Kier alpha value is -3.61. The van der Waals surface area contributed by atoms with Crippen LogP contribution in [0.15, 0.2) is 66.6 Å². The quantitative estimate of drug-likeness (QED) is 0.700. The molecule has 1 N–H and O–H groups in total. The highest BCUT2D eigenvalue weighted by Gasteiger charge is 2.41. The van der Waals surface area contributed by atoms with Gasteiger partial charge < -0.3 is 14.8 Å². The molecular formula is C23H22N4O3. The first-order chi connectivity index (χ1) is 14.7. The molecule has 152 valence electrons. The first-order valence-corrected chi connectivity index (χ1v) is 9.98. The Kier molecular flexibility index (Phi) is 4.71. The number of carbonyl (C=O) groups is 1. The number of nitrogens with one attached hydrogen (secondary N) is 1. The van der Waals surface area contributed by atoms with Crippen LogP contribution in [0.2, 0.25) is 0 Å². The normalized spacial score (nSPS) is 19.9. The number of allylic oxidation sites excluding steroid dienone is 2. The second-order valence-electron chi connectivity index (χ2n) is 7.42. The predicted octanol–water partition coefficient (Wildman–Crippen LogP) is 3.74. The van der Waals surface area contributed by atoms with Crippen molar-refractivity contribution in [3.05, 3.63) is 77.8 Å². The van der Waals surface area contributed by atoms with E-state index in [0.29, 0.717) is 30.5 Å². The number of aromatic nitrogens is 3. The van der Waals surface area contributed by atoms with Crippen molar-refractivity contribution >= 4 is 11.7 Å². The number of hydrogen-bond acceptors (Lipinski definition) is 6. The molecule has 30 heavy (non-hydrogen) atoms. The van der Waals surface area contributed by atoms with E-state index in [0.717, 1.165) is 23.2 Å². The maximum absolute atomic E-state index is 12.8. The molecule has 2 aromatic carbocycles. The Bertz CT molecular complexity index is 1110. The van der Waals surface area contributed by atoms with Gasteiger partial charge in [0.15, 0.2) is 11.5 Å². The van der Waals surface area contributed by atoms with Crippen molar-refractivity contribution in [2.24, 2.45) is 5.92 Å². The maximum Gasteiger partial charge on any atom is 0.226 e. The van der Waals surface area contributed by atoms with Gasteiger partial charge in [-0.25, -0.2) is 4.68 Å². The molecule has 0 fully saturated rings. The van der Waals surface area contributed by atoms with Gasteiger partial charge in [0, 0.05) is 12.1 Å². The molecular weight excluding hydrogens is 380 g/mol. The number of ether oxygens (including phenoxy) is 2. The fourth-order valence-corrected chi connectivity index (χ4v) is 4.17. The summed E-state index contributed by atoms with van der Waals surface area (Å²) >= 11 is 0. The van der Waals surface area contributed by atoms with Crippen molar-refractivity contribution in [2.45, 2.75) is 25.5 Å². The van der Waals surface area contributed by atoms with Gasteiger partial charge in [0.05, 0.1) is 19.1 Å². The number of benzene rings is 2. The Morgan fingerprint density at radius 1 is 1.17 bits per heavy atom. The van der Waals surface area contributed by atoms with Crippen LogP contribution >= 0.6 is 0 Å². The van der Waals surface area contributed by atoms with E-state index < -0.39 is 0 Å². The molecule has 2 heterocycles. The molecule has 0 saturated heterocycles. The standard InChI is InChI=1S/C23H22N4O3/c1-29-20-12-16(10-11-19(20)30-13-15-6-3-2-4-7-15)22-21-17(8-5-9-18(21)28)26-23-24-14-25-27(22)23/h2-4,6-8,10-12,14,21-22H,5,9,13H2,1H3,(H,24,25,26). The average Bonchev–Trinajstić information content (AvgIpc) is 3.25. The Labute approximate surface area is 174 Å². The highest BCUT2D eigenvalue weighted by Crippen LogP contribution is 2.43. The number of anilines is 1. The molecule has 7 heteroatoms. The zero-order chi connectivity index (χ0) is 20.5. The third-order valence-electron chi connectivity index (χ3n) is 5.61. The molecule has 7 nitrogen and oxygen atoms in total. The van der Waals surface area contributed by atoms with Gasteiger partial charge >= 0.3 is 0 Å². The van der Waals surface area contributed by atoms with Gasteiger partial charge in [-0.15, -0.1) is 0 Å². The van der Waals surface area contributed by atoms with Gasteiger partial charge in [0.25, 0.3) is 0 Å². The van der Waals surface area contributed by atoms with Gasteiger partial charge in [0.1, 0.15) is 18.7 Å². The second kappa shape index (κ2) is 7.67. The maximum atomic E-state index is 12.8. The van der Waals surface area contributed by atoms with Crippen LogP contribution in [0, 0.1) is 5.92 Å². The van der Waals surface area contributed by atoms with Gasteiger partial charge in [-0.2, -0.15) is 10.1 Å². The minimum absolute atomic E-state index is 0.203. The van der Waals surface area contributed by atoms with Gasteiger partial charge in [-0.05, 0) is 29.7 Å². The van der Waals surface area contributed by atoms with Gasteiger partial charge in [-0.3, -0.25) is 4.79 Å². The van der Waals surface area contributed by atoms with Crippen molar-refractivity contribution < 1.29 is 14.3 Å². The van der Waals surface area contributed by atoms with Crippen LogP contribution in [-0.2, 0) is 11.4 Å². The molecule has 0 bridgehead atoms. The van der Waals surface area contributed by atoms with E-state index >= 15 is 0 Å². The molecule has 5 rings (SSSR count). The minimum Gasteiger partial charge on any atom is -0.493 e. The Morgan fingerprint density at radius 2 is 2.03 bits per heavy atom. The third kappa shape index (κ3) is 3.22. The van der Waals surface area contributed by atoms with E-state index in [1.165, 1.54) is 6.33 Å². The molecule has 3 aromatic rings. The predicted molar refractivity (Wildman–Crippen MR) is 111 cm³/mol. The van der Waals surface area contributed by atoms with Crippen LogP contribution in [-0.4, -0.2) is 27.7 Å². The first kappa shape index (κ1) is 18.4. The van der Waals surface area contributed by atoms with Crippen molar-refractivity contribution in [1.82, 2.24) is 14.8 Å². The molecule has 1 aliphatic heterocycles. The van der Waals surface area contributed by atoms with Crippen molar-refractivity contribution in [1.29, 1.82) is 0 Å². The Morgan fingerprint density at radius 3 is 2.87 bits per heavy atom. The smallest absolute Gasteiger partial charge is 0.226 e. The molecule has 2 aliphatic rings. The summed E-state index contributed by atoms with van der Waals surface area (Å²) in [5.74, 6) is 1.81. The minimum atomic E-state index is -0.311. The Balaban J connectivity index is 1.49. The third-order valence-corrected chi connectivity index (χ3v) is 5.61. The average molecular weight is 402 g/mol. The number of carbonyl (C=O) groups excluding carboxylic acids is 1.